The molecule has 1 aromatic carbocycles. The van der Waals surface area contributed by atoms with Gasteiger partial charge in [0, 0.05) is 13.1 Å². The highest BCUT2D eigenvalue weighted by Crippen LogP contribution is 2.09. The number of rotatable bonds is 4. The number of carbonyl (C=O) groups is 2. The smallest absolute Gasteiger partial charge is 0.242 e. The van der Waals surface area contributed by atoms with Gasteiger partial charge < -0.3 is 16.4 Å². The predicted molar refractivity (Wildman–Crippen MR) is 72.2 cm³/mol. The number of hydrogen-bond donors (Lipinski definition) is 3. The van der Waals surface area contributed by atoms with Crippen LogP contribution in [0.5, 0.6) is 0 Å². The van der Waals surface area contributed by atoms with Gasteiger partial charge >= 0.3 is 0 Å². The largest absolute Gasteiger partial charge is 0.354 e. The molecule has 1 aliphatic heterocycles. The van der Waals surface area contributed by atoms with E-state index in [1.165, 1.54) is 0 Å². The van der Waals surface area contributed by atoms with Crippen LogP contribution in [0.4, 0.5) is 0 Å². The summed E-state index contributed by atoms with van der Waals surface area (Å²) < 4.78 is 0. The van der Waals surface area contributed by atoms with Crippen LogP contribution in [-0.4, -0.2) is 24.4 Å². The lowest BCUT2D eigenvalue weighted by molar-refractivity contribution is -0.129. The maximum Gasteiger partial charge on any atom is 0.242 e. The molecule has 0 bridgehead atoms. The zero-order chi connectivity index (χ0) is 13.7. The van der Waals surface area contributed by atoms with Crippen molar-refractivity contribution >= 4 is 11.8 Å². The minimum absolute atomic E-state index is 0.0910. The molecule has 1 saturated heterocycles. The molecule has 2 rings (SSSR count). The van der Waals surface area contributed by atoms with E-state index in [1.807, 2.05) is 24.3 Å². The first kappa shape index (κ1) is 13.5. The van der Waals surface area contributed by atoms with E-state index < -0.39 is 6.04 Å². The predicted octanol–water partition coefficient (Wildman–Crippen LogP) is 0.0826. The Labute approximate surface area is 112 Å². The minimum atomic E-state index is -0.397. The Bertz CT molecular complexity index is 474. The van der Waals surface area contributed by atoms with E-state index in [0.717, 1.165) is 17.5 Å². The fourth-order valence-electron chi connectivity index (χ4n) is 2.26. The van der Waals surface area contributed by atoms with Gasteiger partial charge in [0.1, 0.15) is 6.04 Å². The highest BCUT2D eigenvalue weighted by atomic mass is 16.2. The lowest BCUT2D eigenvalue weighted by Gasteiger charge is -2.22. The quantitative estimate of drug-likeness (QED) is 0.718. The Morgan fingerprint density at radius 1 is 1.37 bits per heavy atom. The molecule has 1 fully saturated rings. The molecule has 2 amide bonds. The van der Waals surface area contributed by atoms with Crippen LogP contribution in [0, 0.1) is 0 Å². The van der Waals surface area contributed by atoms with Gasteiger partial charge in [-0.2, -0.15) is 0 Å². The Kier molecular flexibility index (Phi) is 4.52. The lowest BCUT2D eigenvalue weighted by Crippen LogP contribution is -2.50. The molecule has 4 N–H and O–H groups in total. The molecular weight excluding hydrogens is 242 g/mol. The standard InChI is InChI=1S/C14H19N3O2/c15-9-11-5-2-1-4-10(11)8-13(18)17-12-6-3-7-16-14(12)19/h1-2,4-5,12H,3,6-9,15H2,(H,16,19)(H,17,18). The van der Waals surface area contributed by atoms with Crippen molar-refractivity contribution in [3.63, 3.8) is 0 Å². The van der Waals surface area contributed by atoms with Crippen molar-refractivity contribution in [3.8, 4) is 0 Å². The van der Waals surface area contributed by atoms with Gasteiger partial charge in [-0.05, 0) is 24.0 Å². The highest BCUT2D eigenvalue weighted by molar-refractivity contribution is 5.88. The van der Waals surface area contributed by atoms with Crippen LogP contribution in [0.2, 0.25) is 0 Å². The van der Waals surface area contributed by atoms with Gasteiger partial charge in [-0.1, -0.05) is 24.3 Å². The van der Waals surface area contributed by atoms with Gasteiger partial charge in [-0.25, -0.2) is 0 Å². The van der Waals surface area contributed by atoms with Crippen LogP contribution < -0.4 is 16.4 Å². The molecule has 0 radical (unpaired) electrons. The maximum atomic E-state index is 12.0. The second-order valence-electron chi connectivity index (χ2n) is 4.70. The first-order valence-electron chi connectivity index (χ1n) is 6.54. The zero-order valence-electron chi connectivity index (χ0n) is 10.8. The number of nitrogens with two attached hydrogens (primary N) is 1. The summed E-state index contributed by atoms with van der Waals surface area (Å²) in [5.74, 6) is -0.227. The first-order valence-corrected chi connectivity index (χ1v) is 6.54. The van der Waals surface area contributed by atoms with Crippen molar-refractivity contribution in [1.29, 1.82) is 0 Å². The fourth-order valence-corrected chi connectivity index (χ4v) is 2.26. The minimum Gasteiger partial charge on any atom is -0.354 e. The van der Waals surface area contributed by atoms with Gasteiger partial charge in [0.15, 0.2) is 0 Å². The van der Waals surface area contributed by atoms with E-state index >= 15 is 0 Å². The van der Waals surface area contributed by atoms with Crippen molar-refractivity contribution in [2.45, 2.75) is 31.8 Å². The van der Waals surface area contributed by atoms with Gasteiger partial charge in [0.2, 0.25) is 11.8 Å². The van der Waals surface area contributed by atoms with Crippen molar-refractivity contribution in [2.24, 2.45) is 5.73 Å². The molecule has 1 unspecified atom stereocenters. The molecule has 1 heterocycles. The molecule has 1 atom stereocenters. The third kappa shape index (κ3) is 3.54. The summed E-state index contributed by atoms with van der Waals surface area (Å²) in [5, 5.41) is 5.53. The molecule has 1 aromatic rings. The van der Waals surface area contributed by atoms with Crippen LogP contribution in [0.3, 0.4) is 0 Å². The summed E-state index contributed by atoms with van der Waals surface area (Å²) in [6.07, 6.45) is 1.86. The van der Waals surface area contributed by atoms with Gasteiger partial charge in [0.25, 0.3) is 0 Å². The van der Waals surface area contributed by atoms with E-state index in [0.29, 0.717) is 19.5 Å². The van der Waals surface area contributed by atoms with Crippen molar-refractivity contribution in [1.82, 2.24) is 10.6 Å². The van der Waals surface area contributed by atoms with E-state index in [9.17, 15) is 9.59 Å². The summed E-state index contributed by atoms with van der Waals surface area (Å²) in [6, 6.07) is 7.19. The normalized spacial score (nSPS) is 18.8. The van der Waals surface area contributed by atoms with E-state index in [1.54, 1.807) is 0 Å². The average Bonchev–Trinajstić information content (AvgIpc) is 2.42. The van der Waals surface area contributed by atoms with Crippen LogP contribution in [0.25, 0.3) is 0 Å². The summed E-state index contributed by atoms with van der Waals surface area (Å²) in [4.78, 5) is 23.5. The van der Waals surface area contributed by atoms with Crippen LogP contribution >= 0.6 is 0 Å². The molecule has 0 aromatic heterocycles. The molecule has 0 aliphatic carbocycles. The average molecular weight is 261 g/mol. The van der Waals surface area contributed by atoms with Crippen molar-refractivity contribution in [3.05, 3.63) is 35.4 Å². The van der Waals surface area contributed by atoms with Crippen LogP contribution in [0.15, 0.2) is 24.3 Å². The van der Waals surface area contributed by atoms with E-state index in [2.05, 4.69) is 10.6 Å². The molecule has 19 heavy (non-hydrogen) atoms. The Morgan fingerprint density at radius 3 is 2.79 bits per heavy atom. The zero-order valence-corrected chi connectivity index (χ0v) is 10.8. The fraction of sp³-hybridized carbons (Fsp3) is 0.429. The summed E-state index contributed by atoms with van der Waals surface area (Å²) in [6.45, 7) is 1.11. The maximum absolute atomic E-state index is 12.0. The number of amides is 2. The van der Waals surface area contributed by atoms with E-state index in [4.69, 9.17) is 5.73 Å². The van der Waals surface area contributed by atoms with Gasteiger partial charge in [0.05, 0.1) is 6.42 Å². The molecule has 5 heteroatoms. The van der Waals surface area contributed by atoms with Crippen molar-refractivity contribution < 1.29 is 9.59 Å². The topological polar surface area (TPSA) is 84.2 Å². The molecule has 5 nitrogen and oxygen atoms in total. The number of carbonyl (C=O) groups excluding carboxylic acids is 2. The highest BCUT2D eigenvalue weighted by Gasteiger charge is 2.23. The number of piperidine rings is 1. The van der Waals surface area contributed by atoms with E-state index in [-0.39, 0.29) is 18.2 Å². The Morgan fingerprint density at radius 2 is 2.11 bits per heavy atom. The van der Waals surface area contributed by atoms with Crippen LogP contribution in [0.1, 0.15) is 24.0 Å². The van der Waals surface area contributed by atoms with Gasteiger partial charge in [-0.3, -0.25) is 9.59 Å². The monoisotopic (exact) mass is 261 g/mol. The molecule has 0 spiro atoms. The number of hydrogen-bond acceptors (Lipinski definition) is 3. The lowest BCUT2D eigenvalue weighted by atomic mass is 10.0. The SMILES string of the molecule is NCc1ccccc1CC(=O)NC1CCCNC1=O. The third-order valence-electron chi connectivity index (χ3n) is 3.31. The first-order chi connectivity index (χ1) is 9.20. The molecule has 0 saturated carbocycles. The summed E-state index contributed by atoms with van der Waals surface area (Å²) >= 11 is 0. The second kappa shape index (κ2) is 6.33. The summed E-state index contributed by atoms with van der Waals surface area (Å²) in [5.41, 5.74) is 7.52. The summed E-state index contributed by atoms with van der Waals surface area (Å²) in [7, 11) is 0. The third-order valence-corrected chi connectivity index (χ3v) is 3.31. The Balaban J connectivity index is 1.95. The molecule has 102 valence electrons. The second-order valence-corrected chi connectivity index (χ2v) is 4.70. The number of nitrogens with one attached hydrogen (secondary N) is 2. The Hall–Kier alpha value is -1.88. The molecular formula is C14H19N3O2. The molecule has 1 aliphatic rings. The van der Waals surface area contributed by atoms with Crippen LogP contribution in [-0.2, 0) is 22.6 Å². The van der Waals surface area contributed by atoms with Crippen molar-refractivity contribution in [2.75, 3.05) is 6.54 Å². The number of benzene rings is 1. The van der Waals surface area contributed by atoms with Gasteiger partial charge in [-0.15, -0.1) is 0 Å².